The van der Waals surface area contributed by atoms with E-state index in [4.69, 9.17) is 4.42 Å². The summed E-state index contributed by atoms with van der Waals surface area (Å²) in [4.78, 5) is 2.42. The Morgan fingerprint density at radius 1 is 0.449 bits per heavy atom. The average molecular weight is 626 g/mol. The van der Waals surface area contributed by atoms with E-state index in [0.717, 1.165) is 39.0 Å². The van der Waals surface area contributed by atoms with E-state index in [1.807, 2.05) is 6.07 Å². The molecule has 0 saturated heterocycles. The first kappa shape index (κ1) is 27.7. The van der Waals surface area contributed by atoms with Crippen LogP contribution in [-0.4, -0.2) is 0 Å². The number of hydrogen-bond donors (Lipinski definition) is 0. The number of furan rings is 1. The van der Waals surface area contributed by atoms with Crippen LogP contribution in [0.3, 0.4) is 0 Å². The molecule has 2 heteroatoms. The number of nitrogens with zero attached hydrogens (tertiary/aromatic N) is 1. The molecule has 2 nitrogen and oxygen atoms in total. The van der Waals surface area contributed by atoms with Gasteiger partial charge in [-0.15, -0.1) is 0 Å². The molecular weight excluding hydrogens is 595 g/mol. The zero-order valence-corrected chi connectivity index (χ0v) is 26.8. The molecule has 49 heavy (non-hydrogen) atoms. The lowest BCUT2D eigenvalue weighted by Gasteiger charge is -2.35. The standard InChI is InChI=1S/C47H31NO/c1-4-18-33(19-5-1)47(34-20-6-2-7-21-34)40-28-14-12-26-39(40)44-42(31-32-17-10-11-24-36(32)45(44)47)48(35-22-8-3-9-23-35)41-29-16-27-38-37-25-13-15-30-43(37)49-46(38)41/h1-31H. The summed E-state index contributed by atoms with van der Waals surface area (Å²) in [6.45, 7) is 0. The number of anilines is 3. The Kier molecular flexibility index (Phi) is 6.13. The molecule has 0 saturated carbocycles. The van der Waals surface area contributed by atoms with Crippen LogP contribution in [-0.2, 0) is 5.41 Å². The molecule has 230 valence electrons. The Balaban J connectivity index is 1.40. The van der Waals surface area contributed by atoms with Crippen molar-refractivity contribution in [2.45, 2.75) is 5.41 Å². The third-order valence-electron chi connectivity index (χ3n) is 10.3. The summed E-state index contributed by atoms with van der Waals surface area (Å²) < 4.78 is 6.72. The van der Waals surface area contributed by atoms with Gasteiger partial charge in [-0.1, -0.05) is 158 Å². The van der Waals surface area contributed by atoms with Crippen molar-refractivity contribution in [1.82, 2.24) is 0 Å². The maximum Gasteiger partial charge on any atom is 0.159 e. The predicted octanol–water partition coefficient (Wildman–Crippen LogP) is 12.6. The first-order valence-corrected chi connectivity index (χ1v) is 16.9. The van der Waals surface area contributed by atoms with Gasteiger partial charge in [-0.25, -0.2) is 0 Å². The van der Waals surface area contributed by atoms with E-state index >= 15 is 0 Å². The van der Waals surface area contributed by atoms with Crippen LogP contribution in [0.25, 0.3) is 43.8 Å². The van der Waals surface area contributed by atoms with Crippen molar-refractivity contribution < 1.29 is 4.42 Å². The Morgan fingerprint density at radius 2 is 1.04 bits per heavy atom. The highest BCUT2D eigenvalue weighted by atomic mass is 16.3. The van der Waals surface area contributed by atoms with Crippen LogP contribution in [0.15, 0.2) is 192 Å². The monoisotopic (exact) mass is 625 g/mol. The molecule has 0 fully saturated rings. The zero-order valence-electron chi connectivity index (χ0n) is 26.8. The van der Waals surface area contributed by atoms with Gasteiger partial charge >= 0.3 is 0 Å². The molecule has 1 heterocycles. The average Bonchev–Trinajstić information content (AvgIpc) is 3.72. The lowest BCUT2D eigenvalue weighted by molar-refractivity contribution is 0.669. The van der Waals surface area contributed by atoms with Crippen molar-refractivity contribution in [2.75, 3.05) is 4.90 Å². The van der Waals surface area contributed by atoms with Crippen LogP contribution < -0.4 is 4.90 Å². The molecule has 0 atom stereocenters. The van der Waals surface area contributed by atoms with Gasteiger partial charge in [0.25, 0.3) is 0 Å². The summed E-state index contributed by atoms with van der Waals surface area (Å²) in [6, 6.07) is 68.0. The van der Waals surface area contributed by atoms with Crippen molar-refractivity contribution in [1.29, 1.82) is 0 Å². The van der Waals surface area contributed by atoms with Gasteiger partial charge in [0, 0.05) is 22.0 Å². The van der Waals surface area contributed by atoms with Crippen molar-refractivity contribution in [3.63, 3.8) is 0 Å². The Hall–Kier alpha value is -6.38. The normalized spacial score (nSPS) is 13.1. The fourth-order valence-corrected chi connectivity index (χ4v) is 8.37. The van der Waals surface area contributed by atoms with Gasteiger partial charge in [-0.05, 0) is 68.9 Å². The maximum atomic E-state index is 6.72. The summed E-state index contributed by atoms with van der Waals surface area (Å²) in [5.41, 5.74) is 12.0. The van der Waals surface area contributed by atoms with Crippen molar-refractivity contribution in [2.24, 2.45) is 0 Å². The van der Waals surface area contributed by atoms with E-state index < -0.39 is 5.41 Å². The minimum Gasteiger partial charge on any atom is -0.454 e. The van der Waals surface area contributed by atoms with Crippen LogP contribution in [0, 0.1) is 0 Å². The second-order valence-electron chi connectivity index (χ2n) is 12.8. The molecule has 0 unspecified atom stereocenters. The van der Waals surface area contributed by atoms with Gasteiger partial charge < -0.3 is 9.32 Å². The summed E-state index contributed by atoms with van der Waals surface area (Å²) in [5, 5.41) is 4.67. The third kappa shape index (κ3) is 3.95. The molecule has 1 aliphatic rings. The van der Waals surface area contributed by atoms with Gasteiger partial charge in [0.2, 0.25) is 0 Å². The molecule has 0 radical (unpaired) electrons. The van der Waals surface area contributed by atoms with Crippen molar-refractivity contribution >= 4 is 49.8 Å². The highest BCUT2D eigenvalue weighted by molar-refractivity contribution is 6.13. The van der Waals surface area contributed by atoms with Crippen molar-refractivity contribution in [3.8, 4) is 11.1 Å². The molecule has 9 aromatic rings. The van der Waals surface area contributed by atoms with Gasteiger partial charge in [0.1, 0.15) is 5.58 Å². The van der Waals surface area contributed by atoms with E-state index in [0.29, 0.717) is 0 Å². The molecule has 8 aromatic carbocycles. The van der Waals surface area contributed by atoms with Crippen LogP contribution in [0.1, 0.15) is 22.3 Å². The Bertz CT molecular complexity index is 2620. The predicted molar refractivity (Wildman–Crippen MR) is 203 cm³/mol. The van der Waals surface area contributed by atoms with Gasteiger partial charge in [0.15, 0.2) is 5.58 Å². The summed E-state index contributed by atoms with van der Waals surface area (Å²) in [7, 11) is 0. The van der Waals surface area contributed by atoms with E-state index in [1.54, 1.807) is 0 Å². The molecule has 0 aliphatic heterocycles. The highest BCUT2D eigenvalue weighted by Gasteiger charge is 2.48. The minimum atomic E-state index is -0.544. The fourth-order valence-electron chi connectivity index (χ4n) is 8.37. The van der Waals surface area contributed by atoms with Gasteiger partial charge in [-0.2, -0.15) is 0 Å². The van der Waals surface area contributed by atoms with E-state index in [1.165, 1.54) is 44.2 Å². The van der Waals surface area contributed by atoms with E-state index in [-0.39, 0.29) is 0 Å². The largest absolute Gasteiger partial charge is 0.454 e. The first-order chi connectivity index (χ1) is 24.3. The summed E-state index contributed by atoms with van der Waals surface area (Å²) in [6.07, 6.45) is 0. The minimum absolute atomic E-state index is 0.544. The smallest absolute Gasteiger partial charge is 0.159 e. The number of rotatable bonds is 5. The van der Waals surface area contributed by atoms with Gasteiger partial charge in [0.05, 0.1) is 16.8 Å². The number of fused-ring (bicyclic) bond motifs is 8. The Morgan fingerprint density at radius 3 is 1.80 bits per heavy atom. The third-order valence-corrected chi connectivity index (χ3v) is 10.3. The first-order valence-electron chi connectivity index (χ1n) is 16.9. The molecule has 0 bridgehead atoms. The van der Waals surface area contributed by atoms with E-state index in [2.05, 4.69) is 187 Å². The second kappa shape index (κ2) is 10.8. The quantitative estimate of drug-likeness (QED) is 0.189. The highest BCUT2D eigenvalue weighted by Crippen LogP contribution is 2.61. The summed E-state index contributed by atoms with van der Waals surface area (Å²) >= 11 is 0. The zero-order chi connectivity index (χ0) is 32.4. The number of benzene rings is 8. The lowest BCUT2D eigenvalue weighted by Crippen LogP contribution is -2.29. The molecule has 0 spiro atoms. The Labute approximate surface area is 285 Å². The van der Waals surface area contributed by atoms with Crippen molar-refractivity contribution in [3.05, 3.63) is 210 Å². The topological polar surface area (TPSA) is 16.4 Å². The maximum absolute atomic E-state index is 6.72. The van der Waals surface area contributed by atoms with E-state index in [9.17, 15) is 0 Å². The van der Waals surface area contributed by atoms with Gasteiger partial charge in [-0.3, -0.25) is 0 Å². The molecule has 1 aromatic heterocycles. The molecular formula is C47H31NO. The molecule has 1 aliphatic carbocycles. The SMILES string of the molecule is c1ccc(N(c2cc3ccccc3c3c2-c2ccccc2C3(c2ccccc2)c2ccccc2)c2cccc3c2oc2ccccc23)cc1. The molecule has 10 rings (SSSR count). The molecule has 0 amide bonds. The van der Waals surface area contributed by atoms with Crippen LogP contribution in [0.4, 0.5) is 17.1 Å². The lowest BCUT2D eigenvalue weighted by atomic mass is 9.66. The second-order valence-corrected chi connectivity index (χ2v) is 12.8. The van der Waals surface area contributed by atoms with Crippen LogP contribution >= 0.6 is 0 Å². The summed E-state index contributed by atoms with van der Waals surface area (Å²) in [5.74, 6) is 0. The molecule has 0 N–H and O–H groups in total. The number of hydrogen-bond acceptors (Lipinski definition) is 2. The van der Waals surface area contributed by atoms with Crippen LogP contribution in [0.5, 0.6) is 0 Å². The fraction of sp³-hybridized carbons (Fsp3) is 0.0213. The van der Waals surface area contributed by atoms with Crippen LogP contribution in [0.2, 0.25) is 0 Å². The number of para-hydroxylation sites is 3.